The van der Waals surface area contributed by atoms with Gasteiger partial charge in [-0.2, -0.15) is 0 Å². The lowest BCUT2D eigenvalue weighted by atomic mass is 10.0. The summed E-state index contributed by atoms with van der Waals surface area (Å²) in [5.41, 5.74) is 1.64. The summed E-state index contributed by atoms with van der Waals surface area (Å²) in [6, 6.07) is 21.0. The third-order valence-electron chi connectivity index (χ3n) is 6.50. The Bertz CT molecular complexity index is 1200. The second-order valence-electron chi connectivity index (χ2n) is 9.20. The standard InChI is InChI=1S/C29H29Cl3N2O3/c30-22-12-14-25(15-13-22)37-19-28(35)34(18-21-10-11-23(31)17-26(21)32)27(16-20-6-2-1-3-7-20)29(36)33-24-8-4-5-9-24/h1-3,6-7,10-15,17,24,27H,4-5,8-9,16,18-19H2,(H,33,36). The SMILES string of the molecule is O=C(NC1CCCC1)C(Cc1ccccc1)N(Cc1ccc(Cl)cc1Cl)C(=O)COc1ccc(Cl)cc1. The zero-order chi connectivity index (χ0) is 26.2. The fraction of sp³-hybridized carbons (Fsp3) is 0.310. The summed E-state index contributed by atoms with van der Waals surface area (Å²) in [7, 11) is 0. The summed E-state index contributed by atoms with van der Waals surface area (Å²) >= 11 is 18.6. The van der Waals surface area contributed by atoms with Crippen molar-refractivity contribution in [2.45, 2.75) is 50.7 Å². The molecule has 8 heteroatoms. The zero-order valence-corrected chi connectivity index (χ0v) is 22.6. The highest BCUT2D eigenvalue weighted by molar-refractivity contribution is 6.35. The Kier molecular flexibility index (Phi) is 9.73. The van der Waals surface area contributed by atoms with Crippen LogP contribution in [0.25, 0.3) is 0 Å². The van der Waals surface area contributed by atoms with E-state index in [0.717, 1.165) is 31.2 Å². The normalized spacial score (nSPS) is 14.2. The fourth-order valence-electron chi connectivity index (χ4n) is 4.51. The highest BCUT2D eigenvalue weighted by atomic mass is 35.5. The van der Waals surface area contributed by atoms with Gasteiger partial charge in [-0.05, 0) is 60.4 Å². The summed E-state index contributed by atoms with van der Waals surface area (Å²) in [5, 5.41) is 4.68. The molecule has 1 unspecified atom stereocenters. The number of hydrogen-bond donors (Lipinski definition) is 1. The number of benzene rings is 3. The van der Waals surface area contributed by atoms with Crippen molar-refractivity contribution in [2.75, 3.05) is 6.61 Å². The van der Waals surface area contributed by atoms with E-state index >= 15 is 0 Å². The largest absolute Gasteiger partial charge is 0.484 e. The summed E-state index contributed by atoms with van der Waals surface area (Å²) in [6.45, 7) is -0.108. The van der Waals surface area contributed by atoms with Crippen LogP contribution < -0.4 is 10.1 Å². The summed E-state index contributed by atoms with van der Waals surface area (Å²) < 4.78 is 5.77. The third-order valence-corrected chi connectivity index (χ3v) is 7.34. The number of ether oxygens (including phenoxy) is 1. The average molecular weight is 560 g/mol. The van der Waals surface area contributed by atoms with Gasteiger partial charge in [-0.25, -0.2) is 0 Å². The molecule has 0 bridgehead atoms. The summed E-state index contributed by atoms with van der Waals surface area (Å²) in [4.78, 5) is 28.9. The van der Waals surface area contributed by atoms with Crippen LogP contribution in [0, 0.1) is 0 Å². The molecule has 1 saturated carbocycles. The maximum Gasteiger partial charge on any atom is 0.261 e. The van der Waals surface area contributed by atoms with Crippen molar-refractivity contribution in [1.82, 2.24) is 10.2 Å². The number of nitrogens with zero attached hydrogens (tertiary/aromatic N) is 1. The quantitative estimate of drug-likeness (QED) is 0.300. The molecule has 0 heterocycles. The lowest BCUT2D eigenvalue weighted by Crippen LogP contribution is -2.53. The van der Waals surface area contributed by atoms with Crippen LogP contribution in [-0.4, -0.2) is 35.4 Å². The number of amides is 2. The maximum atomic E-state index is 13.7. The van der Waals surface area contributed by atoms with Crippen LogP contribution in [-0.2, 0) is 22.6 Å². The van der Waals surface area contributed by atoms with Crippen molar-refractivity contribution in [2.24, 2.45) is 0 Å². The molecule has 194 valence electrons. The zero-order valence-electron chi connectivity index (χ0n) is 20.3. The monoisotopic (exact) mass is 558 g/mol. The predicted molar refractivity (Wildman–Crippen MR) is 148 cm³/mol. The Morgan fingerprint density at radius 1 is 0.919 bits per heavy atom. The molecule has 1 atom stereocenters. The van der Waals surface area contributed by atoms with Gasteiger partial charge in [-0.1, -0.05) is 84.0 Å². The Morgan fingerprint density at radius 2 is 1.59 bits per heavy atom. The molecule has 1 aliphatic carbocycles. The molecule has 1 fully saturated rings. The predicted octanol–water partition coefficient (Wildman–Crippen LogP) is 6.72. The first-order valence-corrected chi connectivity index (χ1v) is 13.5. The topological polar surface area (TPSA) is 58.6 Å². The van der Waals surface area contributed by atoms with Gasteiger partial charge in [0.1, 0.15) is 11.8 Å². The van der Waals surface area contributed by atoms with E-state index in [2.05, 4.69) is 5.32 Å². The van der Waals surface area contributed by atoms with Crippen molar-refractivity contribution in [1.29, 1.82) is 0 Å². The minimum absolute atomic E-state index is 0.118. The van der Waals surface area contributed by atoms with Crippen LogP contribution in [0.2, 0.25) is 15.1 Å². The van der Waals surface area contributed by atoms with Crippen LogP contribution in [0.1, 0.15) is 36.8 Å². The van der Waals surface area contributed by atoms with E-state index < -0.39 is 6.04 Å². The number of halogens is 3. The molecule has 0 saturated heterocycles. The molecule has 0 radical (unpaired) electrons. The van der Waals surface area contributed by atoms with E-state index in [4.69, 9.17) is 39.5 Å². The first-order valence-electron chi connectivity index (χ1n) is 12.3. The smallest absolute Gasteiger partial charge is 0.261 e. The third kappa shape index (κ3) is 7.88. The van der Waals surface area contributed by atoms with Crippen molar-refractivity contribution >= 4 is 46.6 Å². The van der Waals surface area contributed by atoms with Crippen molar-refractivity contribution in [3.63, 3.8) is 0 Å². The van der Waals surface area contributed by atoms with E-state index in [1.807, 2.05) is 30.3 Å². The average Bonchev–Trinajstić information content (AvgIpc) is 3.40. The van der Waals surface area contributed by atoms with Crippen LogP contribution in [0.3, 0.4) is 0 Å². The van der Waals surface area contributed by atoms with Crippen LogP contribution in [0.15, 0.2) is 72.8 Å². The first-order chi connectivity index (χ1) is 17.9. The molecule has 3 aromatic rings. The van der Waals surface area contributed by atoms with Gasteiger partial charge in [0.25, 0.3) is 5.91 Å². The highest BCUT2D eigenvalue weighted by Crippen LogP contribution is 2.25. The van der Waals surface area contributed by atoms with Gasteiger partial charge in [0, 0.05) is 34.1 Å². The van der Waals surface area contributed by atoms with E-state index in [1.165, 1.54) is 0 Å². The Balaban J connectivity index is 1.63. The molecular weight excluding hydrogens is 531 g/mol. The van der Waals surface area contributed by atoms with Crippen LogP contribution in [0.5, 0.6) is 5.75 Å². The van der Waals surface area contributed by atoms with E-state index in [9.17, 15) is 9.59 Å². The Labute approximate surface area is 232 Å². The first kappa shape index (κ1) is 27.3. The lowest BCUT2D eigenvalue weighted by Gasteiger charge is -2.32. The summed E-state index contributed by atoms with van der Waals surface area (Å²) in [6.07, 6.45) is 4.43. The summed E-state index contributed by atoms with van der Waals surface area (Å²) in [5.74, 6) is 0.00129. The number of carbonyl (C=O) groups is 2. The molecule has 37 heavy (non-hydrogen) atoms. The number of nitrogens with one attached hydrogen (secondary N) is 1. The van der Waals surface area contributed by atoms with Crippen molar-refractivity contribution in [3.05, 3.63) is 99.0 Å². The second kappa shape index (κ2) is 13.2. The van der Waals surface area contributed by atoms with E-state index in [-0.39, 0.29) is 31.0 Å². The number of rotatable bonds is 10. The molecule has 1 aliphatic rings. The van der Waals surface area contributed by atoms with E-state index in [1.54, 1.807) is 47.4 Å². The minimum Gasteiger partial charge on any atom is -0.484 e. The van der Waals surface area contributed by atoms with Gasteiger partial charge in [0.2, 0.25) is 5.91 Å². The van der Waals surface area contributed by atoms with Gasteiger partial charge in [-0.3, -0.25) is 9.59 Å². The molecule has 2 amide bonds. The molecule has 4 rings (SSSR count). The van der Waals surface area contributed by atoms with Crippen molar-refractivity contribution < 1.29 is 14.3 Å². The highest BCUT2D eigenvalue weighted by Gasteiger charge is 2.32. The van der Waals surface area contributed by atoms with Gasteiger partial charge < -0.3 is 15.0 Å². The maximum absolute atomic E-state index is 13.7. The number of hydrogen-bond acceptors (Lipinski definition) is 3. The van der Waals surface area contributed by atoms with Gasteiger partial charge >= 0.3 is 0 Å². The van der Waals surface area contributed by atoms with Crippen LogP contribution in [0.4, 0.5) is 0 Å². The number of carbonyl (C=O) groups excluding carboxylic acids is 2. The van der Waals surface area contributed by atoms with Crippen LogP contribution >= 0.6 is 34.8 Å². The van der Waals surface area contributed by atoms with Gasteiger partial charge in [0.15, 0.2) is 6.61 Å². The molecule has 0 spiro atoms. The molecule has 5 nitrogen and oxygen atoms in total. The van der Waals surface area contributed by atoms with Gasteiger partial charge in [0.05, 0.1) is 0 Å². The second-order valence-corrected chi connectivity index (χ2v) is 10.5. The Hall–Kier alpha value is -2.73. The van der Waals surface area contributed by atoms with E-state index in [0.29, 0.717) is 32.8 Å². The molecule has 1 N–H and O–H groups in total. The van der Waals surface area contributed by atoms with Gasteiger partial charge in [-0.15, -0.1) is 0 Å². The minimum atomic E-state index is -0.754. The molecular formula is C29H29Cl3N2O3. The van der Waals surface area contributed by atoms with Crippen molar-refractivity contribution in [3.8, 4) is 5.75 Å². The Morgan fingerprint density at radius 3 is 2.27 bits per heavy atom. The fourth-order valence-corrected chi connectivity index (χ4v) is 5.11. The lowest BCUT2D eigenvalue weighted by molar-refractivity contribution is -0.143. The molecule has 0 aromatic heterocycles. The molecule has 0 aliphatic heterocycles. The molecule has 3 aromatic carbocycles.